The maximum atomic E-state index is 6.43. The average Bonchev–Trinajstić information content (AvgIpc) is 2.56. The van der Waals surface area contributed by atoms with Crippen molar-refractivity contribution in [2.45, 2.75) is 77.2 Å². The van der Waals surface area contributed by atoms with Crippen molar-refractivity contribution < 1.29 is 0 Å². The largest absolute Gasteiger partial charge is 0.327 e. The normalized spacial score (nSPS) is 45.9. The predicted octanol–water partition coefficient (Wildman–Crippen LogP) is 4.97. The Morgan fingerprint density at radius 2 is 1.78 bits per heavy atom. The molecular formula is C25H38N2. The van der Waals surface area contributed by atoms with E-state index in [9.17, 15) is 0 Å². The summed E-state index contributed by atoms with van der Waals surface area (Å²) in [6.45, 7) is 11.0. The predicted molar refractivity (Wildman–Crippen MR) is 113 cm³/mol. The Bertz CT molecular complexity index is 712. The molecule has 1 heterocycles. The Hall–Kier alpha value is -0.860. The quantitative estimate of drug-likeness (QED) is 0.818. The van der Waals surface area contributed by atoms with Crippen molar-refractivity contribution in [2.75, 3.05) is 19.6 Å². The van der Waals surface area contributed by atoms with Gasteiger partial charge >= 0.3 is 0 Å². The number of hydrogen-bond acceptors (Lipinski definition) is 2. The molecule has 0 spiro atoms. The van der Waals surface area contributed by atoms with Crippen LogP contribution in [0.15, 0.2) is 30.3 Å². The molecule has 2 nitrogen and oxygen atoms in total. The fraction of sp³-hybridized carbons (Fsp3) is 0.760. The van der Waals surface area contributed by atoms with Gasteiger partial charge in [0.25, 0.3) is 0 Å². The summed E-state index contributed by atoms with van der Waals surface area (Å²) >= 11 is 0. The van der Waals surface area contributed by atoms with Gasteiger partial charge in [0.2, 0.25) is 0 Å². The van der Waals surface area contributed by atoms with Gasteiger partial charge in [-0.2, -0.15) is 0 Å². The second kappa shape index (κ2) is 5.83. The first-order chi connectivity index (χ1) is 12.7. The number of piperidine rings is 1. The van der Waals surface area contributed by atoms with Gasteiger partial charge in [-0.05, 0) is 84.6 Å². The van der Waals surface area contributed by atoms with E-state index in [0.29, 0.717) is 22.3 Å². The first-order valence-corrected chi connectivity index (χ1v) is 11.3. The number of likely N-dealkylation sites (tertiary alicyclic amines) is 1. The Morgan fingerprint density at radius 3 is 2.48 bits per heavy atom. The Labute approximate surface area is 165 Å². The van der Waals surface area contributed by atoms with Gasteiger partial charge in [-0.1, -0.05) is 51.1 Å². The Balaban J connectivity index is 1.45. The lowest BCUT2D eigenvalue weighted by atomic mass is 9.39. The smallest absolute Gasteiger partial charge is 0.0115 e. The van der Waals surface area contributed by atoms with Crippen LogP contribution in [0, 0.1) is 22.2 Å². The van der Waals surface area contributed by atoms with E-state index in [1.165, 1.54) is 58.2 Å². The highest BCUT2D eigenvalue weighted by molar-refractivity contribution is 5.31. The molecule has 4 bridgehead atoms. The van der Waals surface area contributed by atoms with E-state index >= 15 is 0 Å². The summed E-state index contributed by atoms with van der Waals surface area (Å²) < 4.78 is 0. The first-order valence-electron chi connectivity index (χ1n) is 11.3. The molecule has 5 aliphatic rings. The van der Waals surface area contributed by atoms with Crippen LogP contribution in [0.2, 0.25) is 0 Å². The molecule has 5 atom stereocenters. The van der Waals surface area contributed by atoms with Gasteiger partial charge < -0.3 is 10.6 Å². The third-order valence-corrected chi connectivity index (χ3v) is 8.80. The van der Waals surface area contributed by atoms with Crippen LogP contribution in [0.1, 0.15) is 71.3 Å². The molecule has 1 saturated heterocycles. The van der Waals surface area contributed by atoms with Crippen molar-refractivity contribution in [3.05, 3.63) is 35.9 Å². The number of hydrogen-bond donors (Lipinski definition) is 1. The third kappa shape index (κ3) is 2.99. The Kier molecular flexibility index (Phi) is 3.93. The van der Waals surface area contributed by atoms with E-state index in [0.717, 1.165) is 12.3 Å². The summed E-state index contributed by atoms with van der Waals surface area (Å²) in [7, 11) is 0. The number of benzene rings is 1. The molecule has 2 heteroatoms. The lowest BCUT2D eigenvalue weighted by Gasteiger charge is -2.67. The zero-order valence-corrected chi connectivity index (χ0v) is 17.6. The van der Waals surface area contributed by atoms with E-state index in [4.69, 9.17) is 5.73 Å². The van der Waals surface area contributed by atoms with Gasteiger partial charge in [-0.3, -0.25) is 0 Å². The minimum atomic E-state index is 0.252. The lowest BCUT2D eigenvalue weighted by Crippen LogP contribution is -2.62. The molecular weight excluding hydrogens is 328 g/mol. The summed E-state index contributed by atoms with van der Waals surface area (Å²) in [5, 5.41) is 0. The van der Waals surface area contributed by atoms with Gasteiger partial charge in [0.05, 0.1) is 0 Å². The first kappa shape index (κ1) is 18.2. The van der Waals surface area contributed by atoms with E-state index in [-0.39, 0.29) is 5.41 Å². The van der Waals surface area contributed by atoms with Crippen molar-refractivity contribution in [1.29, 1.82) is 0 Å². The second-order valence-corrected chi connectivity index (χ2v) is 12.1. The molecule has 1 aromatic carbocycles. The summed E-state index contributed by atoms with van der Waals surface area (Å²) in [6.07, 6.45) is 9.82. The fourth-order valence-electron chi connectivity index (χ4n) is 8.52. The van der Waals surface area contributed by atoms with Crippen molar-refractivity contribution in [3.8, 4) is 0 Å². The summed E-state index contributed by atoms with van der Waals surface area (Å²) in [5.41, 5.74) is 9.83. The standard InChI is InChI=1S/C25H38N2/c1-22(2)17-27(10-9-21(22)26)18-24-12-19-11-23(3,14-24)15-25(13-19,16-24)20-7-5-4-6-8-20/h4-8,19,21H,9-18,26H2,1-3H3. The van der Waals surface area contributed by atoms with Gasteiger partial charge in [0, 0.05) is 19.1 Å². The monoisotopic (exact) mass is 366 g/mol. The van der Waals surface area contributed by atoms with Crippen LogP contribution in [-0.2, 0) is 5.41 Å². The molecule has 0 aromatic heterocycles. The molecule has 0 radical (unpaired) electrons. The van der Waals surface area contributed by atoms with E-state index in [1.54, 1.807) is 5.56 Å². The average molecular weight is 367 g/mol. The number of nitrogens with two attached hydrogens (primary N) is 1. The maximum absolute atomic E-state index is 6.43. The number of nitrogens with zero attached hydrogens (tertiary/aromatic N) is 1. The molecule has 1 aromatic rings. The molecule has 1 aliphatic heterocycles. The molecule has 5 fully saturated rings. The molecule has 4 saturated carbocycles. The van der Waals surface area contributed by atoms with Crippen LogP contribution in [0.5, 0.6) is 0 Å². The van der Waals surface area contributed by atoms with Crippen LogP contribution in [0.3, 0.4) is 0 Å². The third-order valence-electron chi connectivity index (χ3n) is 8.80. The van der Waals surface area contributed by atoms with Crippen LogP contribution in [0.25, 0.3) is 0 Å². The van der Waals surface area contributed by atoms with E-state index in [2.05, 4.69) is 56.0 Å². The molecule has 4 aliphatic carbocycles. The highest BCUT2D eigenvalue weighted by Gasteiger charge is 2.62. The zero-order valence-electron chi connectivity index (χ0n) is 17.6. The maximum Gasteiger partial charge on any atom is 0.0115 e. The SMILES string of the molecule is CC12CC3CC(CN4CCC(N)C(C)(C)C4)(C1)CC(c1ccccc1)(C3)C2. The summed E-state index contributed by atoms with van der Waals surface area (Å²) in [5.74, 6) is 0.937. The minimum absolute atomic E-state index is 0.252. The molecule has 6 rings (SSSR count). The van der Waals surface area contributed by atoms with Crippen molar-refractivity contribution in [3.63, 3.8) is 0 Å². The molecule has 2 N–H and O–H groups in total. The zero-order chi connectivity index (χ0) is 18.9. The van der Waals surface area contributed by atoms with Crippen molar-refractivity contribution in [1.82, 2.24) is 4.90 Å². The summed E-state index contributed by atoms with van der Waals surface area (Å²) in [6, 6.07) is 11.9. The molecule has 5 unspecified atom stereocenters. The minimum Gasteiger partial charge on any atom is -0.327 e. The van der Waals surface area contributed by atoms with E-state index in [1.807, 2.05) is 0 Å². The molecule has 148 valence electrons. The number of rotatable bonds is 3. The molecule has 0 amide bonds. The van der Waals surface area contributed by atoms with Gasteiger partial charge in [-0.25, -0.2) is 0 Å². The van der Waals surface area contributed by atoms with Crippen LogP contribution >= 0.6 is 0 Å². The van der Waals surface area contributed by atoms with Crippen LogP contribution < -0.4 is 5.73 Å². The van der Waals surface area contributed by atoms with Gasteiger partial charge in [-0.15, -0.1) is 0 Å². The lowest BCUT2D eigenvalue weighted by molar-refractivity contribution is -0.132. The fourth-order valence-corrected chi connectivity index (χ4v) is 8.52. The van der Waals surface area contributed by atoms with Crippen LogP contribution in [0.4, 0.5) is 0 Å². The molecule has 27 heavy (non-hydrogen) atoms. The summed E-state index contributed by atoms with van der Waals surface area (Å²) in [4.78, 5) is 2.79. The van der Waals surface area contributed by atoms with Crippen molar-refractivity contribution in [2.24, 2.45) is 27.9 Å². The highest BCUT2D eigenvalue weighted by Crippen LogP contribution is 2.70. The topological polar surface area (TPSA) is 29.3 Å². The van der Waals surface area contributed by atoms with Crippen molar-refractivity contribution >= 4 is 0 Å². The van der Waals surface area contributed by atoms with Gasteiger partial charge in [0.15, 0.2) is 0 Å². The second-order valence-electron chi connectivity index (χ2n) is 12.1. The van der Waals surface area contributed by atoms with Crippen LogP contribution in [-0.4, -0.2) is 30.6 Å². The van der Waals surface area contributed by atoms with Gasteiger partial charge in [0.1, 0.15) is 0 Å². The van der Waals surface area contributed by atoms with E-state index < -0.39 is 0 Å². The highest BCUT2D eigenvalue weighted by atomic mass is 15.2. The Morgan fingerprint density at radius 1 is 1.00 bits per heavy atom.